The minimum atomic E-state index is -0.0869. The van der Waals surface area contributed by atoms with E-state index in [0.29, 0.717) is 23.3 Å². The Morgan fingerprint density at radius 3 is 2.83 bits per heavy atom. The lowest BCUT2D eigenvalue weighted by Gasteiger charge is -2.06. The van der Waals surface area contributed by atoms with Crippen molar-refractivity contribution in [1.82, 2.24) is 14.8 Å². The fourth-order valence-corrected chi connectivity index (χ4v) is 4.52. The van der Waals surface area contributed by atoms with E-state index in [-0.39, 0.29) is 5.91 Å². The molecular formula is C21H20N4O2S2. The van der Waals surface area contributed by atoms with Gasteiger partial charge in [-0.05, 0) is 38.1 Å². The van der Waals surface area contributed by atoms with Crippen LogP contribution < -0.4 is 10.1 Å². The van der Waals surface area contributed by atoms with E-state index in [9.17, 15) is 4.79 Å². The van der Waals surface area contributed by atoms with Crippen LogP contribution in [0.4, 0.5) is 5.82 Å². The van der Waals surface area contributed by atoms with Crippen molar-refractivity contribution < 1.29 is 9.53 Å². The van der Waals surface area contributed by atoms with Crippen LogP contribution in [0.2, 0.25) is 0 Å². The molecule has 0 fully saturated rings. The minimum Gasteiger partial charge on any atom is -0.492 e. The number of nitrogens with one attached hydrogen (secondary N) is 1. The van der Waals surface area contributed by atoms with E-state index in [1.165, 1.54) is 23.1 Å². The molecule has 0 aliphatic heterocycles. The van der Waals surface area contributed by atoms with Crippen molar-refractivity contribution >= 4 is 45.0 Å². The second-order valence-electron chi connectivity index (χ2n) is 6.27. The molecule has 1 N–H and O–H groups in total. The van der Waals surface area contributed by atoms with Crippen molar-refractivity contribution in [2.75, 3.05) is 17.7 Å². The number of benzene rings is 2. The number of anilines is 1. The molecule has 29 heavy (non-hydrogen) atoms. The van der Waals surface area contributed by atoms with Gasteiger partial charge in [0.1, 0.15) is 17.1 Å². The average Bonchev–Trinajstić information content (AvgIpc) is 3.31. The van der Waals surface area contributed by atoms with Crippen LogP contribution in [0.5, 0.6) is 5.75 Å². The lowest BCUT2D eigenvalue weighted by molar-refractivity contribution is -0.113. The van der Waals surface area contributed by atoms with Gasteiger partial charge in [-0.25, -0.2) is 4.98 Å². The van der Waals surface area contributed by atoms with E-state index < -0.39 is 0 Å². The topological polar surface area (TPSA) is 69.0 Å². The van der Waals surface area contributed by atoms with Crippen LogP contribution in [0, 0.1) is 6.92 Å². The third-order valence-corrected chi connectivity index (χ3v) is 6.07. The molecule has 4 aromatic rings. The van der Waals surface area contributed by atoms with Crippen LogP contribution in [0.15, 0.2) is 59.5 Å². The van der Waals surface area contributed by atoms with Crippen molar-refractivity contribution in [3.8, 4) is 10.9 Å². The van der Waals surface area contributed by atoms with E-state index >= 15 is 0 Å². The van der Waals surface area contributed by atoms with Crippen molar-refractivity contribution in [3.05, 3.63) is 60.3 Å². The molecule has 4 rings (SSSR count). The van der Waals surface area contributed by atoms with Crippen LogP contribution >= 0.6 is 23.1 Å². The predicted octanol–water partition coefficient (Wildman–Crippen LogP) is 4.92. The van der Waals surface area contributed by atoms with Crippen LogP contribution in [0.25, 0.3) is 15.3 Å². The number of thiazole rings is 1. The first-order chi connectivity index (χ1) is 14.1. The highest BCUT2D eigenvalue weighted by Crippen LogP contribution is 2.32. The summed E-state index contributed by atoms with van der Waals surface area (Å²) in [6.07, 6.45) is 0. The molecule has 0 atom stereocenters. The van der Waals surface area contributed by atoms with Gasteiger partial charge in [-0.3, -0.25) is 4.79 Å². The number of carbonyl (C=O) groups is 1. The first-order valence-electron chi connectivity index (χ1n) is 9.21. The van der Waals surface area contributed by atoms with Crippen molar-refractivity contribution in [1.29, 1.82) is 0 Å². The van der Waals surface area contributed by atoms with E-state index in [1.54, 1.807) is 4.68 Å². The molecule has 148 valence electrons. The highest BCUT2D eigenvalue weighted by atomic mass is 32.2. The van der Waals surface area contributed by atoms with E-state index in [1.807, 2.05) is 68.4 Å². The molecule has 2 aromatic carbocycles. The molecule has 0 saturated carbocycles. The maximum absolute atomic E-state index is 12.5. The van der Waals surface area contributed by atoms with Gasteiger partial charge in [0.05, 0.1) is 22.8 Å². The highest BCUT2D eigenvalue weighted by molar-refractivity contribution is 8.00. The Balaban J connectivity index is 1.56. The number of hydrogen-bond donors (Lipinski definition) is 1. The zero-order valence-corrected chi connectivity index (χ0v) is 17.7. The molecule has 0 aliphatic rings. The summed E-state index contributed by atoms with van der Waals surface area (Å²) in [5.41, 5.74) is 1.61. The number of ether oxygens (including phenoxy) is 1. The molecule has 0 spiro atoms. The molecule has 0 aliphatic carbocycles. The average molecular weight is 425 g/mol. The van der Waals surface area contributed by atoms with Gasteiger partial charge < -0.3 is 10.1 Å². The van der Waals surface area contributed by atoms with Crippen LogP contribution in [0.3, 0.4) is 0 Å². The quantitative estimate of drug-likeness (QED) is 0.427. The maximum Gasteiger partial charge on any atom is 0.235 e. The van der Waals surface area contributed by atoms with Gasteiger partial charge in [0.15, 0.2) is 0 Å². The van der Waals surface area contributed by atoms with Gasteiger partial charge in [0, 0.05) is 11.0 Å². The number of fused-ring (bicyclic) bond motifs is 1. The Hall–Kier alpha value is -2.84. The monoisotopic (exact) mass is 424 g/mol. The van der Waals surface area contributed by atoms with Gasteiger partial charge in [-0.1, -0.05) is 35.6 Å². The summed E-state index contributed by atoms with van der Waals surface area (Å²) in [5, 5.41) is 8.17. The van der Waals surface area contributed by atoms with E-state index in [0.717, 1.165) is 26.6 Å². The molecule has 0 radical (unpaired) electrons. The first kappa shape index (κ1) is 19.5. The van der Waals surface area contributed by atoms with Crippen molar-refractivity contribution in [3.63, 3.8) is 0 Å². The van der Waals surface area contributed by atoms with E-state index in [2.05, 4.69) is 10.4 Å². The number of carbonyl (C=O) groups excluding carboxylic acids is 1. The normalized spacial score (nSPS) is 11.0. The summed E-state index contributed by atoms with van der Waals surface area (Å²) in [6.45, 7) is 4.42. The number of para-hydroxylation sites is 1. The second kappa shape index (κ2) is 8.67. The number of amides is 1. The molecule has 0 saturated heterocycles. The fourth-order valence-electron chi connectivity index (χ4n) is 2.85. The summed E-state index contributed by atoms with van der Waals surface area (Å²) in [4.78, 5) is 18.3. The lowest BCUT2D eigenvalue weighted by atomic mass is 10.3. The molecule has 0 bridgehead atoms. The van der Waals surface area contributed by atoms with Gasteiger partial charge in [-0.2, -0.15) is 9.78 Å². The zero-order chi connectivity index (χ0) is 20.2. The number of rotatable bonds is 7. The van der Waals surface area contributed by atoms with Crippen LogP contribution in [0.1, 0.15) is 12.6 Å². The van der Waals surface area contributed by atoms with Gasteiger partial charge >= 0.3 is 0 Å². The van der Waals surface area contributed by atoms with Crippen molar-refractivity contribution in [2.45, 2.75) is 18.7 Å². The van der Waals surface area contributed by atoms with Crippen LogP contribution in [-0.4, -0.2) is 33.0 Å². The molecular weight excluding hydrogens is 404 g/mol. The maximum atomic E-state index is 12.5. The summed E-state index contributed by atoms with van der Waals surface area (Å²) in [7, 11) is 0. The van der Waals surface area contributed by atoms with Crippen molar-refractivity contribution in [2.24, 2.45) is 0 Å². The summed E-state index contributed by atoms with van der Waals surface area (Å²) in [5.74, 6) is 1.60. The Kier molecular flexibility index (Phi) is 5.82. The number of nitrogens with zero attached hydrogens (tertiary/aromatic N) is 3. The number of thioether (sulfide) groups is 1. The smallest absolute Gasteiger partial charge is 0.235 e. The van der Waals surface area contributed by atoms with Gasteiger partial charge in [0.25, 0.3) is 0 Å². The van der Waals surface area contributed by atoms with E-state index in [4.69, 9.17) is 9.72 Å². The Labute approximate surface area is 176 Å². The van der Waals surface area contributed by atoms with Gasteiger partial charge in [0.2, 0.25) is 11.0 Å². The Morgan fingerprint density at radius 1 is 1.21 bits per heavy atom. The number of hydrogen-bond acceptors (Lipinski definition) is 6. The Bertz CT molecular complexity index is 1140. The number of aromatic nitrogens is 3. The molecule has 6 nitrogen and oxygen atoms in total. The summed E-state index contributed by atoms with van der Waals surface area (Å²) < 4.78 is 8.38. The molecule has 1 amide bonds. The highest BCUT2D eigenvalue weighted by Gasteiger charge is 2.16. The summed E-state index contributed by atoms with van der Waals surface area (Å²) >= 11 is 3.00. The third kappa shape index (κ3) is 4.44. The largest absolute Gasteiger partial charge is 0.492 e. The molecule has 2 aromatic heterocycles. The summed E-state index contributed by atoms with van der Waals surface area (Å²) in [6, 6.07) is 17.6. The first-order valence-corrected chi connectivity index (χ1v) is 11.0. The second-order valence-corrected chi connectivity index (χ2v) is 8.32. The lowest BCUT2D eigenvalue weighted by Crippen LogP contribution is -2.16. The molecule has 8 heteroatoms. The van der Waals surface area contributed by atoms with Crippen LogP contribution in [-0.2, 0) is 4.79 Å². The molecule has 2 heterocycles. The number of aryl methyl sites for hydroxylation is 1. The fraction of sp³-hybridized carbons (Fsp3) is 0.190. The van der Waals surface area contributed by atoms with Gasteiger partial charge in [-0.15, -0.1) is 11.8 Å². The third-order valence-electron chi connectivity index (χ3n) is 4.06. The predicted molar refractivity (Wildman–Crippen MR) is 118 cm³/mol. The Morgan fingerprint density at radius 2 is 2.03 bits per heavy atom. The SMILES string of the molecule is CCOc1cccc2sc(-n3nc(C)cc3NC(=O)CSc3ccccc3)nc12. The standard InChI is InChI=1S/C21H20N4O2S2/c1-3-27-16-10-7-11-17-20(16)23-21(29-17)25-18(12-14(2)24-25)22-19(26)13-28-15-8-5-4-6-9-15/h4-12H,3,13H2,1-2H3,(H,22,26). The minimum absolute atomic E-state index is 0.0869. The zero-order valence-electron chi connectivity index (χ0n) is 16.1. The molecule has 0 unspecified atom stereocenters.